The molecule has 0 fully saturated rings. The highest BCUT2D eigenvalue weighted by Gasteiger charge is 2.38. The average molecular weight is 311 g/mol. The van der Waals surface area contributed by atoms with E-state index in [9.17, 15) is 4.79 Å². The molecule has 0 spiro atoms. The first-order valence-corrected chi connectivity index (χ1v) is 7.32. The Kier molecular flexibility index (Phi) is 4.22. The van der Waals surface area contributed by atoms with Crippen molar-refractivity contribution in [1.82, 2.24) is 0 Å². The number of ether oxygens (including phenoxy) is 1. The quantitative estimate of drug-likeness (QED) is 0.882. The van der Waals surface area contributed by atoms with Gasteiger partial charge in [0.2, 0.25) is 5.91 Å². The molecule has 0 radical (unpaired) electrons. The van der Waals surface area contributed by atoms with Crippen LogP contribution in [0.2, 0.25) is 0 Å². The minimum Gasteiger partial charge on any atom is -0.485 e. The van der Waals surface area contributed by atoms with Gasteiger partial charge in [-0.15, -0.1) is 12.4 Å². The van der Waals surface area contributed by atoms with Gasteiger partial charge in [0.15, 0.2) is 0 Å². The largest absolute Gasteiger partial charge is 0.485 e. The maximum Gasteiger partial charge on any atom is 0.227 e. The summed E-state index contributed by atoms with van der Waals surface area (Å²) in [6, 6.07) is 2.13. The van der Waals surface area contributed by atoms with Gasteiger partial charge in [-0.3, -0.25) is 4.79 Å². The summed E-state index contributed by atoms with van der Waals surface area (Å²) in [5.74, 6) is 1.13. The molecule has 2 heterocycles. The van der Waals surface area contributed by atoms with E-state index in [4.69, 9.17) is 10.5 Å². The average Bonchev–Trinajstić information content (AvgIpc) is 2.76. The zero-order valence-corrected chi connectivity index (χ0v) is 13.6. The van der Waals surface area contributed by atoms with Crippen molar-refractivity contribution >= 4 is 24.0 Å². The van der Waals surface area contributed by atoms with E-state index < -0.39 is 0 Å². The molecule has 3 N–H and O–H groups in total. The molecule has 2 aliphatic rings. The number of fused-ring (bicyclic) bond motifs is 3. The predicted molar refractivity (Wildman–Crippen MR) is 86.3 cm³/mol. The minimum atomic E-state index is -0.312. The molecule has 1 amide bonds. The van der Waals surface area contributed by atoms with Gasteiger partial charge in [0.1, 0.15) is 11.4 Å². The number of carbonyl (C=O) groups is 1. The fourth-order valence-corrected chi connectivity index (χ4v) is 3.26. The van der Waals surface area contributed by atoms with Gasteiger partial charge >= 0.3 is 0 Å². The molecule has 1 aromatic carbocycles. The van der Waals surface area contributed by atoms with E-state index in [0.29, 0.717) is 6.54 Å². The summed E-state index contributed by atoms with van der Waals surface area (Å²) < 4.78 is 6.15. The van der Waals surface area contributed by atoms with Crippen LogP contribution in [0.1, 0.15) is 37.0 Å². The first kappa shape index (κ1) is 16.1. The standard InChI is InChI=1S/C16H22N2O2.ClH/c1-4-10-6-12-13(18-15(10)19)9(2)5-11-7-16(3,8-17)20-14(11)12;/h5,10H,4,6-8,17H2,1-3H3,(H,18,19);1H. The molecular formula is C16H23ClN2O2. The van der Waals surface area contributed by atoms with Crippen molar-refractivity contribution in [3.63, 3.8) is 0 Å². The highest BCUT2D eigenvalue weighted by atomic mass is 35.5. The van der Waals surface area contributed by atoms with Gasteiger partial charge in [0.05, 0.1) is 5.69 Å². The molecule has 2 atom stereocenters. The van der Waals surface area contributed by atoms with Crippen LogP contribution in [0.5, 0.6) is 5.75 Å². The van der Waals surface area contributed by atoms with Crippen molar-refractivity contribution in [3.05, 3.63) is 22.8 Å². The molecule has 0 aliphatic carbocycles. The lowest BCUT2D eigenvalue weighted by Gasteiger charge is -2.28. The topological polar surface area (TPSA) is 64.3 Å². The smallest absolute Gasteiger partial charge is 0.227 e. The Morgan fingerprint density at radius 1 is 1.52 bits per heavy atom. The van der Waals surface area contributed by atoms with Crippen LogP contribution in [0.4, 0.5) is 5.69 Å². The summed E-state index contributed by atoms with van der Waals surface area (Å²) in [5.41, 5.74) is 9.97. The summed E-state index contributed by atoms with van der Waals surface area (Å²) in [6.07, 6.45) is 2.46. The molecule has 0 bridgehead atoms. The van der Waals surface area contributed by atoms with Crippen molar-refractivity contribution in [3.8, 4) is 5.75 Å². The maximum atomic E-state index is 12.1. The van der Waals surface area contributed by atoms with Crippen LogP contribution in [0, 0.1) is 12.8 Å². The van der Waals surface area contributed by atoms with E-state index in [0.717, 1.165) is 41.8 Å². The summed E-state index contributed by atoms with van der Waals surface area (Å²) in [7, 11) is 0. The third kappa shape index (κ3) is 2.51. The van der Waals surface area contributed by atoms with Crippen LogP contribution in [-0.4, -0.2) is 18.1 Å². The fraction of sp³-hybridized carbons (Fsp3) is 0.562. The van der Waals surface area contributed by atoms with Crippen molar-refractivity contribution in [2.45, 2.75) is 45.6 Å². The Morgan fingerprint density at radius 2 is 2.24 bits per heavy atom. The van der Waals surface area contributed by atoms with Crippen LogP contribution >= 0.6 is 12.4 Å². The first-order chi connectivity index (χ1) is 9.47. The molecule has 1 aromatic rings. The monoisotopic (exact) mass is 310 g/mol. The number of nitrogens with one attached hydrogen (secondary N) is 1. The molecule has 116 valence electrons. The second-order valence-electron chi connectivity index (χ2n) is 6.27. The number of benzene rings is 1. The summed E-state index contributed by atoms with van der Waals surface area (Å²) in [5, 5.41) is 3.05. The van der Waals surface area contributed by atoms with Gasteiger partial charge in [-0.1, -0.05) is 13.0 Å². The lowest BCUT2D eigenvalue weighted by Crippen LogP contribution is -2.39. The third-order valence-electron chi connectivity index (χ3n) is 4.56. The highest BCUT2D eigenvalue weighted by molar-refractivity contribution is 5.97. The molecular weight excluding hydrogens is 288 g/mol. The van der Waals surface area contributed by atoms with E-state index in [-0.39, 0.29) is 29.8 Å². The van der Waals surface area contributed by atoms with E-state index in [1.807, 2.05) is 13.8 Å². The Hall–Kier alpha value is -1.26. The number of amides is 1. The molecule has 3 rings (SSSR count). The molecule has 5 heteroatoms. The molecule has 4 nitrogen and oxygen atoms in total. The number of rotatable bonds is 2. The summed E-state index contributed by atoms with van der Waals surface area (Å²) in [6.45, 7) is 6.65. The molecule has 0 aromatic heterocycles. The van der Waals surface area contributed by atoms with Gasteiger partial charge in [-0.25, -0.2) is 0 Å². The summed E-state index contributed by atoms with van der Waals surface area (Å²) in [4.78, 5) is 12.1. The van der Waals surface area contributed by atoms with Crippen molar-refractivity contribution in [1.29, 1.82) is 0 Å². The molecule has 0 saturated heterocycles. The Morgan fingerprint density at radius 3 is 2.86 bits per heavy atom. The fourth-order valence-electron chi connectivity index (χ4n) is 3.26. The highest BCUT2D eigenvalue weighted by Crippen LogP contribution is 2.45. The second-order valence-corrected chi connectivity index (χ2v) is 6.27. The van der Waals surface area contributed by atoms with Crippen molar-refractivity contribution < 1.29 is 9.53 Å². The van der Waals surface area contributed by atoms with Crippen LogP contribution in [0.25, 0.3) is 0 Å². The molecule has 21 heavy (non-hydrogen) atoms. The van der Waals surface area contributed by atoms with Crippen LogP contribution < -0.4 is 15.8 Å². The van der Waals surface area contributed by atoms with Gasteiger partial charge in [0.25, 0.3) is 0 Å². The Balaban J connectivity index is 0.00000161. The zero-order chi connectivity index (χ0) is 14.5. The maximum absolute atomic E-state index is 12.1. The van der Waals surface area contributed by atoms with Gasteiger partial charge in [-0.2, -0.15) is 0 Å². The van der Waals surface area contributed by atoms with Crippen molar-refractivity contribution in [2.75, 3.05) is 11.9 Å². The number of hydrogen-bond donors (Lipinski definition) is 2. The number of hydrogen-bond acceptors (Lipinski definition) is 3. The van der Waals surface area contributed by atoms with Gasteiger partial charge in [-0.05, 0) is 37.8 Å². The van der Waals surface area contributed by atoms with Crippen LogP contribution in [0.15, 0.2) is 6.07 Å². The zero-order valence-electron chi connectivity index (χ0n) is 12.8. The first-order valence-electron chi connectivity index (χ1n) is 7.32. The van der Waals surface area contributed by atoms with Crippen LogP contribution in [-0.2, 0) is 17.6 Å². The minimum absolute atomic E-state index is 0. The third-order valence-corrected chi connectivity index (χ3v) is 4.56. The number of nitrogens with two attached hydrogens (primary N) is 1. The number of carbonyl (C=O) groups excluding carboxylic acids is 1. The van der Waals surface area contributed by atoms with Crippen molar-refractivity contribution in [2.24, 2.45) is 11.7 Å². The molecule has 2 unspecified atom stereocenters. The van der Waals surface area contributed by atoms with Gasteiger partial charge in [0, 0.05) is 24.4 Å². The second kappa shape index (κ2) is 5.50. The SMILES string of the molecule is CCC1Cc2c(c(C)cc3c2OC(C)(CN)C3)NC1=O.Cl. The van der Waals surface area contributed by atoms with E-state index in [1.54, 1.807) is 0 Å². The normalized spacial score (nSPS) is 26.3. The Labute approximate surface area is 131 Å². The number of anilines is 1. The molecule has 0 saturated carbocycles. The van der Waals surface area contributed by atoms with E-state index in [1.165, 1.54) is 5.56 Å². The lowest BCUT2D eigenvalue weighted by molar-refractivity contribution is -0.120. The number of halogens is 1. The molecule has 2 aliphatic heterocycles. The van der Waals surface area contributed by atoms with Gasteiger partial charge < -0.3 is 15.8 Å². The summed E-state index contributed by atoms with van der Waals surface area (Å²) >= 11 is 0. The van der Waals surface area contributed by atoms with E-state index in [2.05, 4.69) is 18.3 Å². The van der Waals surface area contributed by atoms with E-state index >= 15 is 0 Å². The van der Waals surface area contributed by atoms with Crippen LogP contribution in [0.3, 0.4) is 0 Å². The number of aryl methyl sites for hydroxylation is 1. The lowest BCUT2D eigenvalue weighted by atomic mass is 9.87. The Bertz CT molecular complexity index is 588. The predicted octanol–water partition coefficient (Wildman–Crippen LogP) is 2.59.